The summed E-state index contributed by atoms with van der Waals surface area (Å²) < 4.78 is 40.2. The van der Waals surface area contributed by atoms with Crippen LogP contribution in [0.15, 0.2) is 42.5 Å². The lowest BCUT2D eigenvalue weighted by molar-refractivity contribution is -0.0512. The second-order valence-electron chi connectivity index (χ2n) is 6.79. The number of hydrogen-bond acceptors (Lipinski definition) is 6. The highest BCUT2D eigenvalue weighted by molar-refractivity contribution is 7.13. The van der Waals surface area contributed by atoms with Crippen LogP contribution in [0.3, 0.4) is 0 Å². The van der Waals surface area contributed by atoms with Gasteiger partial charge in [0, 0.05) is 18.6 Å². The number of carbonyl (C=O) groups excluding carboxylic acids is 1. The summed E-state index contributed by atoms with van der Waals surface area (Å²) in [7, 11) is 3.02. The summed E-state index contributed by atoms with van der Waals surface area (Å²) in [5.74, 6) is 0.549. The molecule has 0 aliphatic rings. The Morgan fingerprint density at radius 2 is 1.91 bits per heavy atom. The lowest BCUT2D eigenvalue weighted by atomic mass is 10.2. The molecule has 0 radical (unpaired) electrons. The van der Waals surface area contributed by atoms with E-state index in [1.165, 1.54) is 29.4 Å². The first-order valence-electron chi connectivity index (χ1n) is 9.48. The quantitative estimate of drug-likeness (QED) is 0.399. The fourth-order valence-corrected chi connectivity index (χ4v) is 4.01. The van der Waals surface area contributed by atoms with Crippen LogP contribution >= 0.6 is 22.9 Å². The van der Waals surface area contributed by atoms with E-state index in [1.54, 1.807) is 50.4 Å². The first kappa shape index (κ1) is 23.7. The number of thiazole rings is 1. The molecule has 1 aromatic heterocycles. The molecule has 2 aromatic carbocycles. The second-order valence-corrected chi connectivity index (χ2v) is 8.31. The van der Waals surface area contributed by atoms with E-state index in [1.807, 2.05) is 0 Å². The maximum absolute atomic E-state index is 12.9. The number of hydrogen-bond donors (Lipinski definition) is 0. The zero-order chi connectivity index (χ0) is 23.3. The number of aromatic nitrogens is 1. The van der Waals surface area contributed by atoms with Crippen molar-refractivity contribution in [2.24, 2.45) is 0 Å². The SMILES string of the molecule is COc1cc(CN(C)C(=O)c2sc(COc3ccc(Cl)cc3)nc2C)ccc1OC(F)F. The Kier molecular flexibility index (Phi) is 7.87. The minimum atomic E-state index is -2.95. The third-order valence-electron chi connectivity index (χ3n) is 4.42. The van der Waals surface area contributed by atoms with E-state index in [-0.39, 0.29) is 30.6 Å². The van der Waals surface area contributed by atoms with Gasteiger partial charge in [0.2, 0.25) is 0 Å². The fourth-order valence-electron chi connectivity index (χ4n) is 2.91. The third kappa shape index (κ3) is 6.08. The molecule has 0 aliphatic carbocycles. The van der Waals surface area contributed by atoms with Gasteiger partial charge in [-0.2, -0.15) is 8.78 Å². The van der Waals surface area contributed by atoms with Crippen LogP contribution in [0.2, 0.25) is 5.02 Å². The largest absolute Gasteiger partial charge is 0.493 e. The Morgan fingerprint density at radius 1 is 1.19 bits per heavy atom. The van der Waals surface area contributed by atoms with Gasteiger partial charge in [0.15, 0.2) is 11.5 Å². The summed E-state index contributed by atoms with van der Waals surface area (Å²) in [5, 5.41) is 1.29. The molecule has 0 unspecified atom stereocenters. The van der Waals surface area contributed by atoms with Gasteiger partial charge in [-0.05, 0) is 48.9 Å². The van der Waals surface area contributed by atoms with Crippen molar-refractivity contribution in [3.05, 3.63) is 68.6 Å². The van der Waals surface area contributed by atoms with Crippen molar-refractivity contribution in [1.82, 2.24) is 9.88 Å². The van der Waals surface area contributed by atoms with E-state index >= 15 is 0 Å². The predicted molar refractivity (Wildman–Crippen MR) is 118 cm³/mol. The average Bonchev–Trinajstić information content (AvgIpc) is 3.13. The van der Waals surface area contributed by atoms with Gasteiger partial charge in [-0.3, -0.25) is 4.79 Å². The van der Waals surface area contributed by atoms with Crippen LogP contribution in [0.1, 0.15) is 25.9 Å². The summed E-state index contributed by atoms with van der Waals surface area (Å²) in [6.07, 6.45) is 0. The molecule has 0 bridgehead atoms. The molecule has 0 saturated heterocycles. The number of amides is 1. The van der Waals surface area contributed by atoms with Gasteiger partial charge >= 0.3 is 6.61 Å². The lowest BCUT2D eigenvalue weighted by Gasteiger charge is -2.18. The third-order valence-corrected chi connectivity index (χ3v) is 5.79. The van der Waals surface area contributed by atoms with Crippen molar-refractivity contribution in [2.75, 3.05) is 14.2 Å². The van der Waals surface area contributed by atoms with Crippen molar-refractivity contribution in [3.8, 4) is 17.2 Å². The summed E-state index contributed by atoms with van der Waals surface area (Å²) in [4.78, 5) is 19.4. The Bertz CT molecular complexity index is 1080. The van der Waals surface area contributed by atoms with Crippen molar-refractivity contribution < 1.29 is 27.8 Å². The van der Waals surface area contributed by atoms with Crippen molar-refractivity contribution in [1.29, 1.82) is 0 Å². The van der Waals surface area contributed by atoms with Crippen LogP contribution in [0.25, 0.3) is 0 Å². The molecule has 1 amide bonds. The van der Waals surface area contributed by atoms with Crippen LogP contribution in [-0.4, -0.2) is 36.6 Å². The molecule has 0 aliphatic heterocycles. The van der Waals surface area contributed by atoms with Gasteiger partial charge < -0.3 is 19.1 Å². The number of aryl methyl sites for hydroxylation is 1. The van der Waals surface area contributed by atoms with E-state index in [4.69, 9.17) is 21.1 Å². The lowest BCUT2D eigenvalue weighted by Crippen LogP contribution is -2.26. The summed E-state index contributed by atoms with van der Waals surface area (Å²) >= 11 is 7.13. The van der Waals surface area contributed by atoms with Crippen LogP contribution in [0, 0.1) is 6.92 Å². The van der Waals surface area contributed by atoms with E-state index in [0.29, 0.717) is 31.9 Å². The Labute approximate surface area is 193 Å². The Hall–Kier alpha value is -2.91. The standard InChI is InChI=1S/C22H21ClF2N2O4S/c1-13-20(32-19(26-13)12-30-16-7-5-15(23)6-8-16)21(28)27(2)11-14-4-9-17(31-22(24)25)18(10-14)29-3/h4-10,22H,11-12H2,1-3H3. The molecule has 3 aromatic rings. The van der Waals surface area contributed by atoms with Crippen LogP contribution < -0.4 is 14.2 Å². The van der Waals surface area contributed by atoms with Crippen molar-refractivity contribution in [3.63, 3.8) is 0 Å². The highest BCUT2D eigenvalue weighted by atomic mass is 35.5. The molecule has 1 heterocycles. The summed E-state index contributed by atoms with van der Waals surface area (Å²) in [6, 6.07) is 11.5. The maximum Gasteiger partial charge on any atom is 0.387 e. The van der Waals surface area contributed by atoms with E-state index in [2.05, 4.69) is 9.72 Å². The van der Waals surface area contributed by atoms with Gasteiger partial charge in [-0.1, -0.05) is 17.7 Å². The molecule has 0 spiro atoms. The van der Waals surface area contributed by atoms with Crippen LogP contribution in [0.5, 0.6) is 17.2 Å². The summed E-state index contributed by atoms with van der Waals surface area (Å²) in [6.45, 7) is -0.709. The molecule has 0 atom stereocenters. The highest BCUT2D eigenvalue weighted by Gasteiger charge is 2.20. The zero-order valence-corrected chi connectivity index (χ0v) is 19.2. The molecule has 6 nitrogen and oxygen atoms in total. The molecule has 170 valence electrons. The first-order valence-corrected chi connectivity index (χ1v) is 10.7. The van der Waals surface area contributed by atoms with Crippen molar-refractivity contribution >= 4 is 28.8 Å². The summed E-state index contributed by atoms with van der Waals surface area (Å²) in [5.41, 5.74) is 1.31. The average molecular weight is 483 g/mol. The van der Waals surface area contributed by atoms with Crippen LogP contribution in [-0.2, 0) is 13.2 Å². The number of nitrogens with zero attached hydrogens (tertiary/aromatic N) is 2. The number of benzene rings is 2. The molecule has 0 saturated carbocycles. The van der Waals surface area contributed by atoms with E-state index in [0.717, 1.165) is 0 Å². The first-order chi connectivity index (χ1) is 15.3. The molecule has 3 rings (SSSR count). The van der Waals surface area contributed by atoms with Crippen molar-refractivity contribution in [2.45, 2.75) is 26.7 Å². The molecule has 0 N–H and O–H groups in total. The topological polar surface area (TPSA) is 60.9 Å². The molecule has 32 heavy (non-hydrogen) atoms. The van der Waals surface area contributed by atoms with Crippen LogP contribution in [0.4, 0.5) is 8.78 Å². The number of alkyl halides is 2. The Balaban J connectivity index is 1.66. The van der Waals surface area contributed by atoms with Gasteiger partial charge in [-0.15, -0.1) is 11.3 Å². The normalized spacial score (nSPS) is 10.8. The van der Waals surface area contributed by atoms with E-state index < -0.39 is 6.61 Å². The Morgan fingerprint density at radius 3 is 2.56 bits per heavy atom. The molecular formula is C22H21ClF2N2O4S. The minimum Gasteiger partial charge on any atom is -0.493 e. The number of halogens is 3. The number of methoxy groups -OCH3 is 1. The van der Waals surface area contributed by atoms with Gasteiger partial charge in [0.05, 0.1) is 12.8 Å². The highest BCUT2D eigenvalue weighted by Crippen LogP contribution is 2.30. The molecule has 10 heteroatoms. The smallest absolute Gasteiger partial charge is 0.387 e. The van der Waals surface area contributed by atoms with Gasteiger partial charge in [-0.25, -0.2) is 4.98 Å². The number of carbonyl (C=O) groups is 1. The second kappa shape index (κ2) is 10.6. The number of ether oxygens (including phenoxy) is 3. The zero-order valence-electron chi connectivity index (χ0n) is 17.6. The number of rotatable bonds is 9. The van der Waals surface area contributed by atoms with E-state index in [9.17, 15) is 13.6 Å². The molecule has 0 fully saturated rings. The maximum atomic E-state index is 12.9. The van der Waals surface area contributed by atoms with Gasteiger partial charge in [0.1, 0.15) is 22.2 Å². The van der Waals surface area contributed by atoms with Gasteiger partial charge in [0.25, 0.3) is 5.91 Å². The minimum absolute atomic E-state index is 0.0659. The monoisotopic (exact) mass is 482 g/mol. The fraction of sp³-hybridized carbons (Fsp3) is 0.273. The predicted octanol–water partition coefficient (Wildman–Crippen LogP) is 5.57. The molecular weight excluding hydrogens is 462 g/mol.